The van der Waals surface area contributed by atoms with Gasteiger partial charge in [-0.2, -0.15) is 0 Å². The molecule has 0 saturated heterocycles. The molecule has 1 aromatic carbocycles. The van der Waals surface area contributed by atoms with E-state index in [0.717, 1.165) is 0 Å². The van der Waals surface area contributed by atoms with Gasteiger partial charge in [0.25, 0.3) is 15.5 Å². The third-order valence-electron chi connectivity index (χ3n) is 1.42. The lowest BCUT2D eigenvalue weighted by Crippen LogP contribution is -2.00. The van der Waals surface area contributed by atoms with Crippen LogP contribution in [-0.4, -0.2) is 14.9 Å². The minimum absolute atomic E-state index is 0.124. The van der Waals surface area contributed by atoms with Crippen molar-refractivity contribution < 1.29 is 26.7 Å². The van der Waals surface area contributed by atoms with Gasteiger partial charge in [0, 0.05) is 22.8 Å². The summed E-state index contributed by atoms with van der Waals surface area (Å²) in [7, 11) is 0.498. The van der Waals surface area contributed by atoms with Gasteiger partial charge in [0.05, 0.1) is 0 Å². The molecule has 0 bridgehead atoms. The van der Waals surface area contributed by atoms with Crippen molar-refractivity contribution in [1.82, 2.24) is 0 Å². The SMILES string of the molecule is O=COc1cc(S(=O)(=O)Cl)c(F)cc1F. The van der Waals surface area contributed by atoms with Gasteiger partial charge in [-0.15, -0.1) is 0 Å². The second-order valence-electron chi connectivity index (χ2n) is 2.36. The highest BCUT2D eigenvalue weighted by Crippen LogP contribution is 2.26. The van der Waals surface area contributed by atoms with Gasteiger partial charge < -0.3 is 4.74 Å². The molecule has 0 spiro atoms. The summed E-state index contributed by atoms with van der Waals surface area (Å²) in [5.41, 5.74) is 0. The summed E-state index contributed by atoms with van der Waals surface area (Å²) in [4.78, 5) is 8.95. The molecule has 1 rings (SSSR count). The van der Waals surface area contributed by atoms with Crippen LogP contribution < -0.4 is 4.74 Å². The second kappa shape index (κ2) is 4.11. The van der Waals surface area contributed by atoms with Crippen LogP contribution in [0.3, 0.4) is 0 Å². The van der Waals surface area contributed by atoms with E-state index < -0.39 is 31.3 Å². The Balaban J connectivity index is 3.42. The maximum Gasteiger partial charge on any atom is 0.298 e. The summed E-state index contributed by atoms with van der Waals surface area (Å²) in [6.07, 6.45) is 0. The summed E-state index contributed by atoms with van der Waals surface area (Å²) in [5.74, 6) is -3.28. The number of carbonyl (C=O) groups excluding carboxylic acids is 1. The molecule has 0 aliphatic rings. The highest BCUT2D eigenvalue weighted by Gasteiger charge is 2.20. The van der Waals surface area contributed by atoms with E-state index in [-0.39, 0.29) is 12.5 Å². The maximum absolute atomic E-state index is 12.9. The smallest absolute Gasteiger partial charge is 0.298 e. The van der Waals surface area contributed by atoms with Crippen molar-refractivity contribution in [3.63, 3.8) is 0 Å². The lowest BCUT2D eigenvalue weighted by atomic mass is 10.3. The third kappa shape index (κ3) is 2.63. The topological polar surface area (TPSA) is 60.4 Å². The van der Waals surface area contributed by atoms with Crippen LogP contribution in [0.2, 0.25) is 0 Å². The molecule has 0 fully saturated rings. The van der Waals surface area contributed by atoms with E-state index in [1.54, 1.807) is 0 Å². The number of hydrogen-bond acceptors (Lipinski definition) is 4. The van der Waals surface area contributed by atoms with Crippen molar-refractivity contribution in [1.29, 1.82) is 0 Å². The number of rotatable bonds is 3. The van der Waals surface area contributed by atoms with Gasteiger partial charge in [0.2, 0.25) is 0 Å². The van der Waals surface area contributed by atoms with Crippen molar-refractivity contribution >= 4 is 26.2 Å². The van der Waals surface area contributed by atoms with Crippen molar-refractivity contribution in [3.8, 4) is 5.75 Å². The van der Waals surface area contributed by atoms with Crippen LogP contribution in [-0.2, 0) is 13.8 Å². The largest absolute Gasteiger partial charge is 0.426 e. The zero-order valence-corrected chi connectivity index (χ0v) is 8.48. The molecule has 0 aliphatic carbocycles. The van der Waals surface area contributed by atoms with E-state index >= 15 is 0 Å². The molecule has 0 aliphatic heterocycles. The predicted octanol–water partition coefficient (Wildman–Crippen LogP) is 1.43. The van der Waals surface area contributed by atoms with Gasteiger partial charge in [0.15, 0.2) is 11.6 Å². The molecule has 15 heavy (non-hydrogen) atoms. The molecule has 0 N–H and O–H groups in total. The molecule has 0 amide bonds. The Hall–Kier alpha value is -1.21. The standard InChI is InChI=1S/C7H3ClF2O4S/c8-15(12,13)7-2-6(14-3-11)4(9)1-5(7)10/h1-3H. The molecule has 0 atom stereocenters. The molecular weight excluding hydrogens is 254 g/mol. The molecule has 0 aromatic heterocycles. The van der Waals surface area contributed by atoms with Crippen molar-refractivity contribution in [2.45, 2.75) is 4.90 Å². The molecule has 8 heteroatoms. The van der Waals surface area contributed by atoms with Gasteiger partial charge in [-0.3, -0.25) is 4.79 Å². The summed E-state index contributed by atoms with van der Waals surface area (Å²) >= 11 is 0. The first-order chi connectivity index (χ1) is 6.86. The van der Waals surface area contributed by atoms with E-state index in [4.69, 9.17) is 10.7 Å². The Bertz CT molecular complexity index is 500. The van der Waals surface area contributed by atoms with E-state index in [9.17, 15) is 22.0 Å². The van der Waals surface area contributed by atoms with Crippen molar-refractivity contribution in [3.05, 3.63) is 23.8 Å². The summed E-state index contributed by atoms with van der Waals surface area (Å²) in [5, 5.41) is 0. The van der Waals surface area contributed by atoms with Crippen LogP contribution in [0.25, 0.3) is 0 Å². The molecule has 0 unspecified atom stereocenters. The van der Waals surface area contributed by atoms with Gasteiger partial charge in [0.1, 0.15) is 10.7 Å². The normalized spacial score (nSPS) is 11.1. The van der Waals surface area contributed by atoms with E-state index in [1.165, 1.54) is 0 Å². The van der Waals surface area contributed by atoms with Crippen LogP contribution in [0.15, 0.2) is 17.0 Å². The van der Waals surface area contributed by atoms with Crippen molar-refractivity contribution in [2.75, 3.05) is 0 Å². The van der Waals surface area contributed by atoms with E-state index in [1.807, 2.05) is 0 Å². The number of hydrogen-bond donors (Lipinski definition) is 0. The first-order valence-corrected chi connectivity index (χ1v) is 5.71. The van der Waals surface area contributed by atoms with Gasteiger partial charge >= 0.3 is 0 Å². The fourth-order valence-corrected chi connectivity index (χ4v) is 1.73. The fraction of sp³-hybridized carbons (Fsp3) is 0. The molecule has 0 radical (unpaired) electrons. The van der Waals surface area contributed by atoms with Gasteiger partial charge in [-0.25, -0.2) is 17.2 Å². The first kappa shape index (κ1) is 11.9. The minimum Gasteiger partial charge on any atom is -0.426 e. The number of ether oxygens (including phenoxy) is 1. The zero-order chi connectivity index (χ0) is 11.6. The monoisotopic (exact) mass is 256 g/mol. The Labute approximate surface area is 87.8 Å². The van der Waals surface area contributed by atoms with Gasteiger partial charge in [-0.1, -0.05) is 0 Å². The fourth-order valence-electron chi connectivity index (χ4n) is 0.839. The first-order valence-electron chi connectivity index (χ1n) is 3.40. The second-order valence-corrected chi connectivity index (χ2v) is 4.90. The van der Waals surface area contributed by atoms with Crippen LogP contribution >= 0.6 is 10.7 Å². The maximum atomic E-state index is 12.9. The Morgan fingerprint density at radius 1 is 1.27 bits per heavy atom. The average Bonchev–Trinajstić information content (AvgIpc) is 2.07. The quantitative estimate of drug-likeness (QED) is 0.606. The molecule has 0 heterocycles. The number of benzene rings is 1. The Kier molecular flexibility index (Phi) is 3.25. The number of carbonyl (C=O) groups is 1. The van der Waals surface area contributed by atoms with Crippen LogP contribution in [0.5, 0.6) is 5.75 Å². The summed E-state index contributed by atoms with van der Waals surface area (Å²) in [6, 6.07) is 0.746. The third-order valence-corrected chi connectivity index (χ3v) is 2.76. The number of halogens is 3. The molecule has 82 valence electrons. The van der Waals surface area contributed by atoms with Crippen LogP contribution in [0.1, 0.15) is 0 Å². The average molecular weight is 257 g/mol. The molecule has 4 nitrogen and oxygen atoms in total. The van der Waals surface area contributed by atoms with Crippen LogP contribution in [0, 0.1) is 11.6 Å². The van der Waals surface area contributed by atoms with Gasteiger partial charge in [-0.05, 0) is 0 Å². The van der Waals surface area contributed by atoms with E-state index in [2.05, 4.69) is 4.74 Å². The highest BCUT2D eigenvalue weighted by molar-refractivity contribution is 8.13. The highest BCUT2D eigenvalue weighted by atomic mass is 35.7. The summed E-state index contributed by atoms with van der Waals surface area (Å²) in [6.45, 7) is -0.124. The predicted molar refractivity (Wildman–Crippen MR) is 46.1 cm³/mol. The van der Waals surface area contributed by atoms with Crippen molar-refractivity contribution in [2.24, 2.45) is 0 Å². The Morgan fingerprint density at radius 3 is 2.33 bits per heavy atom. The molecule has 0 saturated carbocycles. The van der Waals surface area contributed by atoms with Crippen LogP contribution in [0.4, 0.5) is 8.78 Å². The minimum atomic E-state index is -4.36. The zero-order valence-electron chi connectivity index (χ0n) is 6.91. The molecule has 1 aromatic rings. The molecular formula is C7H3ClF2O4S. The Morgan fingerprint density at radius 2 is 1.87 bits per heavy atom. The lowest BCUT2D eigenvalue weighted by molar-refractivity contribution is -0.120. The van der Waals surface area contributed by atoms with E-state index in [0.29, 0.717) is 6.07 Å². The summed E-state index contributed by atoms with van der Waals surface area (Å²) < 4.78 is 51.4. The lowest BCUT2D eigenvalue weighted by Gasteiger charge is -2.03.